The molecule has 0 radical (unpaired) electrons. The van der Waals surface area contributed by atoms with Crippen LogP contribution < -0.4 is 10.2 Å². The van der Waals surface area contributed by atoms with Crippen LogP contribution in [0.2, 0.25) is 0 Å². The SMILES string of the molecule is CN(CC1COCCN1)c1ccc(C(C)(C)C)cc1. The van der Waals surface area contributed by atoms with Crippen molar-refractivity contribution in [2.75, 3.05) is 38.3 Å². The number of morpholine rings is 1. The van der Waals surface area contributed by atoms with Gasteiger partial charge in [-0.15, -0.1) is 0 Å². The lowest BCUT2D eigenvalue weighted by Gasteiger charge is -2.30. The van der Waals surface area contributed by atoms with E-state index in [0.717, 1.165) is 26.3 Å². The summed E-state index contributed by atoms with van der Waals surface area (Å²) >= 11 is 0. The van der Waals surface area contributed by atoms with Gasteiger partial charge < -0.3 is 15.0 Å². The van der Waals surface area contributed by atoms with Crippen LogP contribution in [0.4, 0.5) is 5.69 Å². The fourth-order valence-corrected chi connectivity index (χ4v) is 2.39. The number of hydrogen-bond acceptors (Lipinski definition) is 3. The second-order valence-electron chi connectivity index (χ2n) is 6.40. The van der Waals surface area contributed by atoms with Gasteiger partial charge in [-0.3, -0.25) is 0 Å². The van der Waals surface area contributed by atoms with Gasteiger partial charge in [0.25, 0.3) is 0 Å². The highest BCUT2D eigenvalue weighted by Gasteiger charge is 2.16. The number of hydrogen-bond donors (Lipinski definition) is 1. The van der Waals surface area contributed by atoms with Crippen molar-refractivity contribution >= 4 is 5.69 Å². The number of likely N-dealkylation sites (N-methyl/N-ethyl adjacent to an activating group) is 1. The van der Waals surface area contributed by atoms with Crippen LogP contribution in [-0.2, 0) is 10.2 Å². The van der Waals surface area contributed by atoms with Crippen LogP contribution in [0.5, 0.6) is 0 Å². The second-order valence-corrected chi connectivity index (χ2v) is 6.40. The lowest BCUT2D eigenvalue weighted by molar-refractivity contribution is 0.0791. The number of anilines is 1. The summed E-state index contributed by atoms with van der Waals surface area (Å²) in [6, 6.07) is 9.32. The van der Waals surface area contributed by atoms with Gasteiger partial charge in [0.2, 0.25) is 0 Å². The normalized spacial score (nSPS) is 20.3. The summed E-state index contributed by atoms with van der Waals surface area (Å²) < 4.78 is 5.49. The molecule has 0 amide bonds. The van der Waals surface area contributed by atoms with Crippen molar-refractivity contribution in [3.8, 4) is 0 Å². The Labute approximate surface area is 116 Å². The van der Waals surface area contributed by atoms with Gasteiger partial charge in [0, 0.05) is 31.9 Å². The maximum atomic E-state index is 5.49. The molecule has 0 spiro atoms. The summed E-state index contributed by atoms with van der Waals surface area (Å²) in [7, 11) is 2.14. The average molecular weight is 262 g/mol. The number of ether oxygens (including phenoxy) is 1. The first-order valence-corrected chi connectivity index (χ1v) is 7.09. The zero-order valence-corrected chi connectivity index (χ0v) is 12.6. The van der Waals surface area contributed by atoms with Crippen LogP contribution in [0.25, 0.3) is 0 Å². The average Bonchev–Trinajstić information content (AvgIpc) is 2.39. The van der Waals surface area contributed by atoms with Crippen LogP contribution in [-0.4, -0.2) is 39.4 Å². The van der Waals surface area contributed by atoms with Crippen LogP contribution in [0.15, 0.2) is 24.3 Å². The Bertz CT molecular complexity index is 388. The van der Waals surface area contributed by atoms with Crippen molar-refractivity contribution < 1.29 is 4.74 Å². The van der Waals surface area contributed by atoms with Gasteiger partial charge in [-0.25, -0.2) is 0 Å². The molecule has 106 valence electrons. The predicted octanol–water partition coefficient (Wildman–Crippen LogP) is 2.41. The van der Waals surface area contributed by atoms with Crippen molar-refractivity contribution in [1.82, 2.24) is 5.32 Å². The highest BCUT2D eigenvalue weighted by Crippen LogP contribution is 2.24. The molecule has 2 rings (SSSR count). The molecule has 1 fully saturated rings. The van der Waals surface area contributed by atoms with Crippen molar-refractivity contribution in [2.24, 2.45) is 0 Å². The topological polar surface area (TPSA) is 24.5 Å². The minimum atomic E-state index is 0.218. The number of nitrogens with zero attached hydrogens (tertiary/aromatic N) is 1. The Hall–Kier alpha value is -1.06. The summed E-state index contributed by atoms with van der Waals surface area (Å²) in [5.74, 6) is 0. The van der Waals surface area contributed by atoms with Gasteiger partial charge in [0.15, 0.2) is 0 Å². The fourth-order valence-electron chi connectivity index (χ4n) is 2.39. The van der Waals surface area contributed by atoms with Gasteiger partial charge in [0.1, 0.15) is 0 Å². The van der Waals surface area contributed by atoms with E-state index >= 15 is 0 Å². The Morgan fingerprint density at radius 2 is 1.95 bits per heavy atom. The first-order chi connectivity index (χ1) is 8.97. The Morgan fingerprint density at radius 1 is 1.26 bits per heavy atom. The fraction of sp³-hybridized carbons (Fsp3) is 0.625. The van der Waals surface area contributed by atoms with Crippen molar-refractivity contribution in [3.05, 3.63) is 29.8 Å². The summed E-state index contributed by atoms with van der Waals surface area (Å²) in [4.78, 5) is 2.29. The van der Waals surface area contributed by atoms with Gasteiger partial charge >= 0.3 is 0 Å². The van der Waals surface area contributed by atoms with Crippen molar-refractivity contribution in [1.29, 1.82) is 0 Å². The van der Waals surface area contributed by atoms with E-state index in [1.807, 2.05) is 0 Å². The monoisotopic (exact) mass is 262 g/mol. The zero-order chi connectivity index (χ0) is 13.9. The number of benzene rings is 1. The van der Waals surface area contributed by atoms with Crippen LogP contribution in [0.1, 0.15) is 26.3 Å². The maximum Gasteiger partial charge on any atom is 0.0637 e. The lowest BCUT2D eigenvalue weighted by Crippen LogP contribution is -2.47. The third-order valence-electron chi connectivity index (χ3n) is 3.67. The van der Waals surface area contributed by atoms with Crippen molar-refractivity contribution in [3.63, 3.8) is 0 Å². The molecule has 0 aromatic heterocycles. The van der Waals surface area contributed by atoms with Crippen LogP contribution >= 0.6 is 0 Å². The lowest BCUT2D eigenvalue weighted by atomic mass is 9.87. The number of rotatable bonds is 3. The molecule has 1 aliphatic heterocycles. The second kappa shape index (κ2) is 5.93. The molecule has 0 aliphatic carbocycles. The quantitative estimate of drug-likeness (QED) is 0.905. The summed E-state index contributed by atoms with van der Waals surface area (Å²) in [5.41, 5.74) is 2.86. The number of nitrogens with one attached hydrogen (secondary N) is 1. The van der Waals surface area contributed by atoms with E-state index in [2.05, 4.69) is 62.3 Å². The third-order valence-corrected chi connectivity index (χ3v) is 3.67. The smallest absolute Gasteiger partial charge is 0.0637 e. The van der Waals surface area contributed by atoms with Gasteiger partial charge in [-0.1, -0.05) is 32.9 Å². The van der Waals surface area contributed by atoms with Gasteiger partial charge in [-0.05, 0) is 23.1 Å². The first-order valence-electron chi connectivity index (χ1n) is 7.09. The standard InChI is InChI=1S/C16H26N2O/c1-16(2,3)13-5-7-15(8-6-13)18(4)11-14-12-19-10-9-17-14/h5-8,14,17H,9-12H2,1-4H3. The van der Waals surface area contributed by atoms with E-state index in [1.54, 1.807) is 0 Å². The molecule has 1 saturated heterocycles. The molecule has 1 aromatic rings. The molecule has 3 nitrogen and oxygen atoms in total. The molecule has 1 aliphatic rings. The van der Waals surface area contributed by atoms with E-state index in [1.165, 1.54) is 11.3 Å². The van der Waals surface area contributed by atoms with E-state index in [4.69, 9.17) is 4.74 Å². The molecule has 1 N–H and O–H groups in total. The molecule has 1 unspecified atom stereocenters. The van der Waals surface area contributed by atoms with Crippen molar-refractivity contribution in [2.45, 2.75) is 32.2 Å². The molecule has 3 heteroatoms. The molecular formula is C16H26N2O. The van der Waals surface area contributed by atoms with E-state index in [9.17, 15) is 0 Å². The molecule has 19 heavy (non-hydrogen) atoms. The predicted molar refractivity (Wildman–Crippen MR) is 81.0 cm³/mol. The Balaban J connectivity index is 1.97. The molecular weight excluding hydrogens is 236 g/mol. The summed E-state index contributed by atoms with van der Waals surface area (Å²) in [6.45, 7) is 10.3. The third kappa shape index (κ3) is 3.95. The molecule has 1 atom stereocenters. The van der Waals surface area contributed by atoms with E-state index < -0.39 is 0 Å². The molecule has 0 bridgehead atoms. The minimum absolute atomic E-state index is 0.218. The summed E-state index contributed by atoms with van der Waals surface area (Å²) in [6.07, 6.45) is 0. The van der Waals surface area contributed by atoms with Gasteiger partial charge in [-0.2, -0.15) is 0 Å². The van der Waals surface area contributed by atoms with Crippen LogP contribution in [0, 0.1) is 0 Å². The van der Waals surface area contributed by atoms with Gasteiger partial charge in [0.05, 0.1) is 13.2 Å². The Morgan fingerprint density at radius 3 is 2.47 bits per heavy atom. The highest BCUT2D eigenvalue weighted by molar-refractivity contribution is 5.48. The van der Waals surface area contributed by atoms with E-state index in [-0.39, 0.29) is 5.41 Å². The molecule has 1 aromatic carbocycles. The summed E-state index contributed by atoms with van der Waals surface area (Å²) in [5, 5.41) is 3.49. The Kier molecular flexibility index (Phi) is 4.48. The van der Waals surface area contributed by atoms with E-state index in [0.29, 0.717) is 6.04 Å². The highest BCUT2D eigenvalue weighted by atomic mass is 16.5. The zero-order valence-electron chi connectivity index (χ0n) is 12.6. The minimum Gasteiger partial charge on any atom is -0.378 e. The van der Waals surface area contributed by atoms with Crippen LogP contribution in [0.3, 0.4) is 0 Å². The molecule has 1 heterocycles. The first kappa shape index (κ1) is 14.4. The molecule has 0 saturated carbocycles. The largest absolute Gasteiger partial charge is 0.378 e. The maximum absolute atomic E-state index is 5.49.